The first kappa shape index (κ1) is 15.7. The van der Waals surface area contributed by atoms with Crippen LogP contribution in [-0.4, -0.2) is 67.1 Å². The van der Waals surface area contributed by atoms with Crippen LogP contribution < -0.4 is 5.32 Å². The number of carbonyl (C=O) groups is 1. The molecule has 0 aromatic carbocycles. The number of rotatable bonds is 3. The van der Waals surface area contributed by atoms with Gasteiger partial charge in [0.1, 0.15) is 0 Å². The van der Waals surface area contributed by atoms with E-state index in [-0.39, 0.29) is 36.0 Å². The van der Waals surface area contributed by atoms with Crippen molar-refractivity contribution in [3.63, 3.8) is 0 Å². The van der Waals surface area contributed by atoms with E-state index in [1.165, 1.54) is 0 Å². The number of aliphatic hydroxyl groups excluding tert-OH is 1. The minimum atomic E-state index is -3.02. The lowest BCUT2D eigenvalue weighted by Crippen LogP contribution is -2.52. The number of likely N-dealkylation sites (tertiary alicyclic amines) is 1. The zero-order valence-corrected chi connectivity index (χ0v) is 12.9. The fraction of sp³-hybridized carbons (Fsp3) is 0.923. The molecule has 2 N–H and O–H groups in total. The summed E-state index contributed by atoms with van der Waals surface area (Å²) in [5.41, 5.74) is -0.641. The second-order valence-electron chi connectivity index (χ2n) is 6.52. The van der Waals surface area contributed by atoms with Gasteiger partial charge in [-0.3, -0.25) is 9.69 Å². The number of piperidine rings is 1. The Morgan fingerprint density at radius 2 is 2.20 bits per heavy atom. The molecule has 0 saturated carbocycles. The molecule has 1 amide bonds. The molecule has 3 unspecified atom stereocenters. The molecule has 2 aliphatic heterocycles. The van der Waals surface area contributed by atoms with Gasteiger partial charge in [0.05, 0.1) is 29.7 Å². The lowest BCUT2D eigenvalue weighted by Gasteiger charge is -2.34. The van der Waals surface area contributed by atoms with Crippen LogP contribution in [0.15, 0.2) is 0 Å². The van der Waals surface area contributed by atoms with Crippen molar-refractivity contribution < 1.29 is 18.3 Å². The van der Waals surface area contributed by atoms with Crippen molar-refractivity contribution in [2.75, 3.05) is 31.1 Å². The van der Waals surface area contributed by atoms with Gasteiger partial charge in [-0.25, -0.2) is 8.42 Å². The average molecular weight is 304 g/mol. The zero-order chi connectivity index (χ0) is 15.0. The van der Waals surface area contributed by atoms with E-state index in [1.807, 2.05) is 11.8 Å². The molecule has 2 fully saturated rings. The Kier molecular flexibility index (Phi) is 4.41. The van der Waals surface area contributed by atoms with E-state index in [0.29, 0.717) is 13.0 Å². The summed E-state index contributed by atoms with van der Waals surface area (Å²) in [4.78, 5) is 14.0. The molecule has 0 aromatic heterocycles. The van der Waals surface area contributed by atoms with Crippen LogP contribution in [0.3, 0.4) is 0 Å². The van der Waals surface area contributed by atoms with Crippen molar-refractivity contribution >= 4 is 15.7 Å². The third-order valence-corrected chi connectivity index (χ3v) is 6.22. The molecule has 3 atom stereocenters. The molecule has 2 heterocycles. The Balaban J connectivity index is 1.84. The number of amides is 1. The van der Waals surface area contributed by atoms with Crippen LogP contribution in [0.1, 0.15) is 26.7 Å². The van der Waals surface area contributed by atoms with E-state index >= 15 is 0 Å². The monoisotopic (exact) mass is 304 g/mol. The highest BCUT2D eigenvalue weighted by molar-refractivity contribution is 7.91. The van der Waals surface area contributed by atoms with Crippen molar-refractivity contribution in [1.82, 2.24) is 10.2 Å². The molecule has 20 heavy (non-hydrogen) atoms. The first-order chi connectivity index (χ1) is 9.19. The topological polar surface area (TPSA) is 86.7 Å². The third kappa shape index (κ3) is 3.93. The van der Waals surface area contributed by atoms with Gasteiger partial charge in [-0.15, -0.1) is 0 Å². The number of hydrogen-bond donors (Lipinski definition) is 2. The average Bonchev–Trinajstić information content (AvgIpc) is 2.57. The molecule has 0 bridgehead atoms. The first-order valence-electron chi connectivity index (χ1n) is 7.11. The van der Waals surface area contributed by atoms with E-state index < -0.39 is 15.4 Å². The SMILES string of the molecule is CC1CCN(CC(=O)NC2(C)CCS(=O)(=O)C2)CC1O. The van der Waals surface area contributed by atoms with Crippen LogP contribution in [-0.2, 0) is 14.6 Å². The highest BCUT2D eigenvalue weighted by Gasteiger charge is 2.39. The standard InChI is InChI=1S/C13H24N2O4S/c1-10-3-5-15(7-11(10)16)8-12(17)14-13(2)4-6-20(18,19)9-13/h10-11,16H,3-9H2,1-2H3,(H,14,17). The number of hydrogen-bond acceptors (Lipinski definition) is 5. The van der Waals surface area contributed by atoms with Crippen molar-refractivity contribution in [2.24, 2.45) is 5.92 Å². The Labute approximate surface area is 120 Å². The summed E-state index contributed by atoms with van der Waals surface area (Å²) in [6, 6.07) is 0. The summed E-state index contributed by atoms with van der Waals surface area (Å²) in [5, 5.41) is 12.7. The number of nitrogens with one attached hydrogen (secondary N) is 1. The number of nitrogens with zero attached hydrogens (tertiary/aromatic N) is 1. The molecule has 6 nitrogen and oxygen atoms in total. The largest absolute Gasteiger partial charge is 0.392 e. The number of carbonyl (C=O) groups excluding carboxylic acids is 1. The highest BCUT2D eigenvalue weighted by Crippen LogP contribution is 2.23. The minimum Gasteiger partial charge on any atom is -0.392 e. The maximum Gasteiger partial charge on any atom is 0.234 e. The van der Waals surface area contributed by atoms with Gasteiger partial charge in [0, 0.05) is 6.54 Å². The molecular weight excluding hydrogens is 280 g/mol. The molecule has 2 rings (SSSR count). The van der Waals surface area contributed by atoms with Gasteiger partial charge in [-0.2, -0.15) is 0 Å². The summed E-state index contributed by atoms with van der Waals surface area (Å²) >= 11 is 0. The van der Waals surface area contributed by atoms with Crippen LogP contribution in [0.2, 0.25) is 0 Å². The zero-order valence-electron chi connectivity index (χ0n) is 12.1. The molecular formula is C13H24N2O4S. The van der Waals surface area contributed by atoms with E-state index in [0.717, 1.165) is 13.0 Å². The predicted octanol–water partition coefficient (Wildman–Crippen LogP) is -0.617. The van der Waals surface area contributed by atoms with Gasteiger partial charge in [-0.1, -0.05) is 6.92 Å². The van der Waals surface area contributed by atoms with Gasteiger partial charge in [-0.05, 0) is 32.2 Å². The fourth-order valence-corrected chi connectivity index (χ4v) is 5.04. The summed E-state index contributed by atoms with van der Waals surface area (Å²) in [6.45, 7) is 5.30. The Morgan fingerprint density at radius 3 is 2.75 bits per heavy atom. The van der Waals surface area contributed by atoms with Gasteiger partial charge < -0.3 is 10.4 Å². The van der Waals surface area contributed by atoms with Crippen molar-refractivity contribution in [3.8, 4) is 0 Å². The van der Waals surface area contributed by atoms with Gasteiger partial charge >= 0.3 is 0 Å². The smallest absolute Gasteiger partial charge is 0.234 e. The fourth-order valence-electron chi connectivity index (χ4n) is 2.95. The normalized spacial score (nSPS) is 37.8. The molecule has 116 valence electrons. The van der Waals surface area contributed by atoms with Crippen LogP contribution >= 0.6 is 0 Å². The first-order valence-corrected chi connectivity index (χ1v) is 8.93. The molecule has 0 radical (unpaired) electrons. The van der Waals surface area contributed by atoms with E-state index in [9.17, 15) is 18.3 Å². The van der Waals surface area contributed by atoms with Crippen molar-refractivity contribution in [2.45, 2.75) is 38.3 Å². The van der Waals surface area contributed by atoms with Crippen LogP contribution in [0.25, 0.3) is 0 Å². The van der Waals surface area contributed by atoms with Crippen LogP contribution in [0.5, 0.6) is 0 Å². The summed E-state index contributed by atoms with van der Waals surface area (Å²) in [7, 11) is -3.02. The lowest BCUT2D eigenvalue weighted by atomic mass is 9.96. The molecule has 2 aliphatic rings. The molecule has 7 heteroatoms. The maximum absolute atomic E-state index is 12.0. The molecule has 0 spiro atoms. The third-order valence-electron chi connectivity index (χ3n) is 4.31. The Hall–Kier alpha value is -0.660. The Morgan fingerprint density at radius 1 is 1.50 bits per heavy atom. The van der Waals surface area contributed by atoms with Gasteiger partial charge in [0.2, 0.25) is 5.91 Å². The maximum atomic E-state index is 12.0. The van der Waals surface area contributed by atoms with E-state index in [1.54, 1.807) is 6.92 Å². The number of sulfone groups is 1. The van der Waals surface area contributed by atoms with E-state index in [2.05, 4.69) is 5.32 Å². The predicted molar refractivity (Wildman–Crippen MR) is 76.0 cm³/mol. The van der Waals surface area contributed by atoms with Crippen molar-refractivity contribution in [1.29, 1.82) is 0 Å². The molecule has 0 aromatic rings. The molecule has 2 saturated heterocycles. The minimum absolute atomic E-state index is 0.0192. The second kappa shape index (κ2) is 5.61. The van der Waals surface area contributed by atoms with Gasteiger partial charge in [0.15, 0.2) is 9.84 Å². The summed E-state index contributed by atoms with van der Waals surface area (Å²) in [5.74, 6) is 0.271. The molecule has 0 aliphatic carbocycles. The van der Waals surface area contributed by atoms with Crippen LogP contribution in [0.4, 0.5) is 0 Å². The van der Waals surface area contributed by atoms with Gasteiger partial charge in [0.25, 0.3) is 0 Å². The van der Waals surface area contributed by atoms with Crippen LogP contribution in [0, 0.1) is 5.92 Å². The highest BCUT2D eigenvalue weighted by atomic mass is 32.2. The summed E-state index contributed by atoms with van der Waals surface area (Å²) < 4.78 is 23.0. The Bertz CT molecular complexity index is 479. The summed E-state index contributed by atoms with van der Waals surface area (Å²) in [6.07, 6.45) is 0.958. The van der Waals surface area contributed by atoms with E-state index in [4.69, 9.17) is 0 Å². The quantitative estimate of drug-likeness (QED) is 0.726. The number of β-amino-alcohol motifs (C(OH)–C–C–N with tert-alkyl or cyclic N) is 1. The second-order valence-corrected chi connectivity index (χ2v) is 8.70. The van der Waals surface area contributed by atoms with Crippen molar-refractivity contribution in [3.05, 3.63) is 0 Å². The lowest BCUT2D eigenvalue weighted by molar-refractivity contribution is -0.124. The number of aliphatic hydroxyl groups is 1.